The van der Waals surface area contributed by atoms with Crippen molar-refractivity contribution >= 4 is 12.0 Å². The summed E-state index contributed by atoms with van der Waals surface area (Å²) in [4.78, 5) is 10.2. The summed E-state index contributed by atoms with van der Waals surface area (Å²) in [5, 5.41) is 8.34. The van der Waals surface area contributed by atoms with E-state index >= 15 is 0 Å². The molecule has 0 amide bonds. The fourth-order valence-electron chi connectivity index (χ4n) is 0.996. The molecule has 0 atom stereocenters. The number of methoxy groups -OCH3 is 1. The zero-order valence-corrected chi connectivity index (χ0v) is 7.83. The van der Waals surface area contributed by atoms with Crippen molar-refractivity contribution in [3.63, 3.8) is 0 Å². The third-order valence-electron chi connectivity index (χ3n) is 1.66. The number of rotatable bonds is 3. The molecule has 0 aliphatic heterocycles. The molecule has 0 unspecified atom stereocenters. The van der Waals surface area contributed by atoms with Gasteiger partial charge in [-0.3, -0.25) is 0 Å². The summed E-state index contributed by atoms with van der Waals surface area (Å²) in [6.07, 6.45) is 1.97. The molecular weight excluding hydrogens is 206 g/mol. The van der Waals surface area contributed by atoms with Gasteiger partial charge in [0.2, 0.25) is 5.82 Å². The Bertz CT molecular complexity index is 413. The molecule has 1 rings (SSSR count). The van der Waals surface area contributed by atoms with Crippen molar-refractivity contribution in [3.05, 3.63) is 35.4 Å². The Balaban J connectivity index is 3.11. The van der Waals surface area contributed by atoms with Crippen LogP contribution in [-0.4, -0.2) is 18.2 Å². The number of hydrogen-bond acceptors (Lipinski definition) is 2. The molecule has 1 N–H and O–H groups in total. The summed E-state index contributed by atoms with van der Waals surface area (Å²) in [6, 6.07) is 2.09. The van der Waals surface area contributed by atoms with Crippen LogP contribution in [0.4, 0.5) is 8.78 Å². The minimum Gasteiger partial charge on any atom is -0.494 e. The van der Waals surface area contributed by atoms with E-state index in [0.29, 0.717) is 0 Å². The molecule has 1 aromatic carbocycles. The van der Waals surface area contributed by atoms with Gasteiger partial charge in [-0.15, -0.1) is 0 Å². The van der Waals surface area contributed by atoms with Crippen LogP contribution in [0.25, 0.3) is 6.08 Å². The molecule has 0 aliphatic carbocycles. The molecule has 1 aromatic rings. The first-order chi connectivity index (χ1) is 7.04. The van der Waals surface area contributed by atoms with Crippen LogP contribution >= 0.6 is 0 Å². The lowest BCUT2D eigenvalue weighted by Crippen LogP contribution is -1.93. The number of carbonyl (C=O) groups is 1. The van der Waals surface area contributed by atoms with Crippen molar-refractivity contribution in [2.45, 2.75) is 0 Å². The normalized spacial score (nSPS) is 10.6. The first-order valence-corrected chi connectivity index (χ1v) is 3.98. The third kappa shape index (κ3) is 2.77. The first-order valence-electron chi connectivity index (χ1n) is 3.98. The van der Waals surface area contributed by atoms with E-state index in [1.165, 1.54) is 13.2 Å². The molecule has 0 bridgehead atoms. The van der Waals surface area contributed by atoms with Gasteiger partial charge in [-0.25, -0.2) is 9.18 Å². The molecule has 0 saturated carbocycles. The largest absolute Gasteiger partial charge is 0.494 e. The van der Waals surface area contributed by atoms with Gasteiger partial charge in [0.25, 0.3) is 0 Å². The Morgan fingerprint density at radius 1 is 1.47 bits per heavy atom. The lowest BCUT2D eigenvalue weighted by molar-refractivity contribution is -0.131. The van der Waals surface area contributed by atoms with Gasteiger partial charge in [0, 0.05) is 6.08 Å². The highest BCUT2D eigenvalue weighted by molar-refractivity contribution is 5.85. The minimum absolute atomic E-state index is 0.216. The molecule has 15 heavy (non-hydrogen) atoms. The number of hydrogen-bond donors (Lipinski definition) is 1. The number of aliphatic carboxylic acids is 1. The topological polar surface area (TPSA) is 46.5 Å². The van der Waals surface area contributed by atoms with E-state index in [0.717, 1.165) is 18.2 Å². The molecule has 0 fully saturated rings. The van der Waals surface area contributed by atoms with E-state index in [1.54, 1.807) is 0 Å². The average Bonchev–Trinajstić information content (AvgIpc) is 2.19. The van der Waals surface area contributed by atoms with Crippen molar-refractivity contribution in [1.29, 1.82) is 0 Å². The average molecular weight is 214 g/mol. The van der Waals surface area contributed by atoms with Crippen LogP contribution in [0.15, 0.2) is 18.2 Å². The molecule has 0 spiro atoms. The Morgan fingerprint density at radius 3 is 2.67 bits per heavy atom. The molecule has 0 aliphatic rings. The number of benzene rings is 1. The number of ether oxygens (including phenoxy) is 1. The second-order valence-electron chi connectivity index (χ2n) is 2.69. The summed E-state index contributed by atoms with van der Waals surface area (Å²) >= 11 is 0. The molecule has 0 saturated heterocycles. The van der Waals surface area contributed by atoms with Gasteiger partial charge in [0.15, 0.2) is 11.6 Å². The van der Waals surface area contributed by atoms with Gasteiger partial charge in [0.05, 0.1) is 7.11 Å². The SMILES string of the molecule is COc1cc(C=CC(=O)O)cc(F)c1F. The summed E-state index contributed by atoms with van der Waals surface area (Å²) in [6.45, 7) is 0. The predicted molar refractivity (Wildman–Crippen MR) is 49.6 cm³/mol. The number of carboxylic acid groups (broad SMARTS) is 1. The highest BCUT2D eigenvalue weighted by Crippen LogP contribution is 2.22. The van der Waals surface area contributed by atoms with Crippen molar-refractivity contribution in [2.24, 2.45) is 0 Å². The van der Waals surface area contributed by atoms with Crippen LogP contribution in [-0.2, 0) is 4.79 Å². The Labute approximate surface area is 84.6 Å². The molecule has 0 aromatic heterocycles. The Kier molecular flexibility index (Phi) is 3.38. The first kappa shape index (κ1) is 11.2. The Morgan fingerprint density at radius 2 is 2.13 bits per heavy atom. The smallest absolute Gasteiger partial charge is 0.328 e. The standard InChI is InChI=1S/C10H8F2O3/c1-15-8-5-6(2-3-9(13)14)4-7(11)10(8)12/h2-5H,1H3,(H,13,14). The van der Waals surface area contributed by atoms with E-state index in [9.17, 15) is 13.6 Å². The second kappa shape index (κ2) is 4.54. The van der Waals surface area contributed by atoms with E-state index in [2.05, 4.69) is 4.74 Å². The van der Waals surface area contributed by atoms with Crippen LogP contribution < -0.4 is 4.74 Å². The summed E-state index contributed by atoms with van der Waals surface area (Å²) < 4.78 is 30.4. The fraction of sp³-hybridized carbons (Fsp3) is 0.100. The van der Waals surface area contributed by atoms with Crippen LogP contribution in [0.1, 0.15) is 5.56 Å². The van der Waals surface area contributed by atoms with Gasteiger partial charge in [-0.05, 0) is 23.8 Å². The van der Waals surface area contributed by atoms with Crippen LogP contribution in [0.2, 0.25) is 0 Å². The molecule has 0 radical (unpaired) electrons. The van der Waals surface area contributed by atoms with Gasteiger partial charge in [-0.2, -0.15) is 4.39 Å². The van der Waals surface area contributed by atoms with Crippen molar-refractivity contribution < 1.29 is 23.4 Å². The number of halogens is 2. The van der Waals surface area contributed by atoms with Gasteiger partial charge in [-0.1, -0.05) is 0 Å². The van der Waals surface area contributed by atoms with Crippen LogP contribution in [0.3, 0.4) is 0 Å². The van der Waals surface area contributed by atoms with E-state index in [1.807, 2.05) is 0 Å². The van der Waals surface area contributed by atoms with E-state index in [-0.39, 0.29) is 11.3 Å². The maximum Gasteiger partial charge on any atom is 0.328 e. The lowest BCUT2D eigenvalue weighted by atomic mass is 10.2. The quantitative estimate of drug-likeness (QED) is 0.783. The van der Waals surface area contributed by atoms with Gasteiger partial charge < -0.3 is 9.84 Å². The van der Waals surface area contributed by atoms with Crippen molar-refractivity contribution in [3.8, 4) is 5.75 Å². The molecule has 3 nitrogen and oxygen atoms in total. The third-order valence-corrected chi connectivity index (χ3v) is 1.66. The second-order valence-corrected chi connectivity index (χ2v) is 2.69. The molecule has 0 heterocycles. The van der Waals surface area contributed by atoms with Crippen LogP contribution in [0.5, 0.6) is 5.75 Å². The predicted octanol–water partition coefficient (Wildman–Crippen LogP) is 2.07. The molecular formula is C10H8F2O3. The highest BCUT2D eigenvalue weighted by atomic mass is 19.2. The van der Waals surface area contributed by atoms with Crippen molar-refractivity contribution in [1.82, 2.24) is 0 Å². The maximum absolute atomic E-state index is 12.9. The minimum atomic E-state index is -1.17. The zero-order chi connectivity index (χ0) is 11.4. The zero-order valence-electron chi connectivity index (χ0n) is 7.83. The van der Waals surface area contributed by atoms with Crippen molar-refractivity contribution in [2.75, 3.05) is 7.11 Å². The highest BCUT2D eigenvalue weighted by Gasteiger charge is 2.09. The molecule has 5 heteroatoms. The maximum atomic E-state index is 12.9. The monoisotopic (exact) mass is 214 g/mol. The van der Waals surface area contributed by atoms with E-state index in [4.69, 9.17) is 5.11 Å². The summed E-state index contributed by atoms with van der Waals surface area (Å²) in [5.41, 5.74) is 0.216. The summed E-state index contributed by atoms with van der Waals surface area (Å²) in [7, 11) is 1.20. The van der Waals surface area contributed by atoms with Gasteiger partial charge >= 0.3 is 5.97 Å². The fourth-order valence-corrected chi connectivity index (χ4v) is 0.996. The van der Waals surface area contributed by atoms with Gasteiger partial charge in [0.1, 0.15) is 0 Å². The number of carboxylic acids is 1. The molecule has 80 valence electrons. The summed E-state index contributed by atoms with van der Waals surface area (Å²) in [5.74, 6) is -3.61. The van der Waals surface area contributed by atoms with Crippen LogP contribution in [0, 0.1) is 11.6 Å². The van der Waals surface area contributed by atoms with E-state index < -0.39 is 17.6 Å². The Hall–Kier alpha value is -1.91. The lowest BCUT2D eigenvalue weighted by Gasteiger charge is -2.03.